The number of rotatable bonds is 1. The van der Waals surface area contributed by atoms with E-state index in [4.69, 9.17) is 0 Å². The molecule has 0 atom stereocenters. The third kappa shape index (κ3) is 1.95. The normalized spacial score (nSPS) is 18.9. The first-order chi connectivity index (χ1) is 5.04. The highest BCUT2D eigenvalue weighted by Crippen LogP contribution is 2.12. The fraction of sp³-hybridized carbons (Fsp3) is 0.889. The summed E-state index contributed by atoms with van der Waals surface area (Å²) in [6, 6.07) is 0. The molecule has 0 aromatic rings. The van der Waals surface area contributed by atoms with E-state index in [1.54, 1.807) is 0 Å². The Labute approximate surface area is 69.5 Å². The van der Waals surface area contributed by atoms with Crippen LogP contribution in [0.4, 0.5) is 0 Å². The van der Waals surface area contributed by atoms with Crippen LogP contribution in [0, 0.1) is 0 Å². The molecule has 11 heavy (non-hydrogen) atoms. The van der Waals surface area contributed by atoms with E-state index in [0.717, 1.165) is 6.54 Å². The predicted octanol–water partition coefficient (Wildman–Crippen LogP) is 1.16. The Morgan fingerprint density at radius 1 is 1.45 bits per heavy atom. The van der Waals surface area contributed by atoms with E-state index < -0.39 is 0 Å². The lowest BCUT2D eigenvalue weighted by atomic mass is 10.1. The van der Waals surface area contributed by atoms with Crippen molar-refractivity contribution >= 4 is 6.34 Å². The molecule has 1 heterocycles. The number of likely N-dealkylation sites (N-methyl/N-ethyl adjacent to an activating group) is 1. The molecule has 0 fully saturated rings. The zero-order chi connectivity index (χ0) is 8.48. The SMILES string of the molecule is CC[N+]1=CN(C(C)(C)C)CC1. The van der Waals surface area contributed by atoms with Crippen LogP contribution >= 0.6 is 0 Å². The van der Waals surface area contributed by atoms with Gasteiger partial charge in [-0.2, -0.15) is 0 Å². The first-order valence-electron chi connectivity index (χ1n) is 4.40. The van der Waals surface area contributed by atoms with Gasteiger partial charge in [-0.15, -0.1) is 0 Å². The summed E-state index contributed by atoms with van der Waals surface area (Å²) >= 11 is 0. The average Bonchev–Trinajstić information content (AvgIpc) is 2.32. The number of hydrogen-bond donors (Lipinski definition) is 0. The van der Waals surface area contributed by atoms with Crippen LogP contribution in [0.3, 0.4) is 0 Å². The molecule has 0 N–H and O–H groups in total. The molecule has 0 aromatic carbocycles. The zero-order valence-corrected chi connectivity index (χ0v) is 8.09. The van der Waals surface area contributed by atoms with Crippen molar-refractivity contribution in [1.29, 1.82) is 0 Å². The molecule has 1 aliphatic rings. The summed E-state index contributed by atoms with van der Waals surface area (Å²) in [6.07, 6.45) is 2.25. The summed E-state index contributed by atoms with van der Waals surface area (Å²) in [5, 5.41) is 0. The van der Waals surface area contributed by atoms with E-state index in [2.05, 4.69) is 43.5 Å². The third-order valence-electron chi connectivity index (χ3n) is 2.20. The highest BCUT2D eigenvalue weighted by Gasteiger charge is 2.29. The van der Waals surface area contributed by atoms with Gasteiger partial charge >= 0.3 is 0 Å². The Morgan fingerprint density at radius 2 is 2.09 bits per heavy atom. The quantitative estimate of drug-likeness (QED) is 0.515. The first kappa shape index (κ1) is 8.57. The predicted molar refractivity (Wildman–Crippen MR) is 48.2 cm³/mol. The molecule has 0 aromatic heterocycles. The summed E-state index contributed by atoms with van der Waals surface area (Å²) in [4.78, 5) is 2.40. The molecule has 1 aliphatic heterocycles. The van der Waals surface area contributed by atoms with E-state index >= 15 is 0 Å². The maximum Gasteiger partial charge on any atom is 0.234 e. The van der Waals surface area contributed by atoms with Crippen molar-refractivity contribution in [3.05, 3.63) is 0 Å². The summed E-state index contributed by atoms with van der Waals surface area (Å²) in [6.45, 7) is 12.5. The van der Waals surface area contributed by atoms with E-state index in [-0.39, 0.29) is 0 Å². The molecule has 0 saturated carbocycles. The molecule has 1 rings (SSSR count). The van der Waals surface area contributed by atoms with Gasteiger partial charge in [-0.25, -0.2) is 0 Å². The van der Waals surface area contributed by atoms with E-state index in [9.17, 15) is 0 Å². The van der Waals surface area contributed by atoms with Crippen molar-refractivity contribution in [2.24, 2.45) is 0 Å². The van der Waals surface area contributed by atoms with Gasteiger partial charge in [0.2, 0.25) is 6.34 Å². The van der Waals surface area contributed by atoms with Crippen molar-refractivity contribution in [2.45, 2.75) is 33.2 Å². The van der Waals surface area contributed by atoms with Gasteiger partial charge in [-0.05, 0) is 27.7 Å². The highest BCUT2D eigenvalue weighted by molar-refractivity contribution is 5.51. The zero-order valence-electron chi connectivity index (χ0n) is 8.09. The van der Waals surface area contributed by atoms with Crippen LogP contribution < -0.4 is 0 Å². The Kier molecular flexibility index (Phi) is 2.21. The third-order valence-corrected chi connectivity index (χ3v) is 2.20. The monoisotopic (exact) mass is 155 g/mol. The van der Waals surface area contributed by atoms with Crippen LogP contribution in [0.2, 0.25) is 0 Å². The lowest BCUT2D eigenvalue weighted by Gasteiger charge is -2.23. The largest absolute Gasteiger partial charge is 0.265 e. The highest BCUT2D eigenvalue weighted by atomic mass is 15.3. The Morgan fingerprint density at radius 3 is 2.36 bits per heavy atom. The summed E-state index contributed by atoms with van der Waals surface area (Å²) in [5.41, 5.74) is 0.296. The second-order valence-corrected chi connectivity index (χ2v) is 4.11. The lowest BCUT2D eigenvalue weighted by molar-refractivity contribution is -0.510. The van der Waals surface area contributed by atoms with Crippen molar-refractivity contribution in [3.63, 3.8) is 0 Å². The Hall–Kier alpha value is -0.530. The van der Waals surface area contributed by atoms with Crippen LogP contribution in [-0.4, -0.2) is 41.0 Å². The van der Waals surface area contributed by atoms with E-state index in [1.165, 1.54) is 13.1 Å². The topological polar surface area (TPSA) is 6.25 Å². The van der Waals surface area contributed by atoms with Gasteiger partial charge < -0.3 is 0 Å². The second kappa shape index (κ2) is 2.84. The molecule has 0 bridgehead atoms. The van der Waals surface area contributed by atoms with Gasteiger partial charge in [-0.3, -0.25) is 9.48 Å². The minimum absolute atomic E-state index is 0.296. The fourth-order valence-electron chi connectivity index (χ4n) is 1.30. The molecular formula is C9H19N2+. The molecule has 0 aliphatic carbocycles. The molecule has 0 spiro atoms. The summed E-state index contributed by atoms with van der Waals surface area (Å²) in [7, 11) is 0. The smallest absolute Gasteiger partial charge is 0.234 e. The molecule has 0 radical (unpaired) electrons. The van der Waals surface area contributed by atoms with Gasteiger partial charge in [0, 0.05) is 0 Å². The Bertz CT molecular complexity index is 165. The number of nitrogens with zero attached hydrogens (tertiary/aromatic N) is 2. The summed E-state index contributed by atoms with van der Waals surface area (Å²) in [5.74, 6) is 0. The Balaban J connectivity index is 2.59. The van der Waals surface area contributed by atoms with Crippen LogP contribution in [0.1, 0.15) is 27.7 Å². The van der Waals surface area contributed by atoms with Crippen molar-refractivity contribution in [1.82, 2.24) is 4.90 Å². The van der Waals surface area contributed by atoms with Crippen LogP contribution in [-0.2, 0) is 0 Å². The minimum atomic E-state index is 0.296. The minimum Gasteiger partial charge on any atom is -0.265 e. The molecule has 0 unspecified atom stereocenters. The van der Waals surface area contributed by atoms with Crippen LogP contribution in [0.25, 0.3) is 0 Å². The first-order valence-corrected chi connectivity index (χ1v) is 4.40. The van der Waals surface area contributed by atoms with Crippen LogP contribution in [0.15, 0.2) is 0 Å². The molecule has 2 heteroatoms. The molecule has 0 saturated heterocycles. The average molecular weight is 155 g/mol. The van der Waals surface area contributed by atoms with Gasteiger partial charge in [0.1, 0.15) is 13.1 Å². The van der Waals surface area contributed by atoms with Gasteiger partial charge in [0.15, 0.2) is 0 Å². The maximum absolute atomic E-state index is 2.40. The van der Waals surface area contributed by atoms with Gasteiger partial charge in [0.05, 0.1) is 12.1 Å². The second-order valence-electron chi connectivity index (χ2n) is 4.11. The standard InChI is InChI=1S/C9H19N2/c1-5-10-6-7-11(8-10)9(2,3)4/h8H,5-7H2,1-4H3/q+1. The maximum atomic E-state index is 2.40. The molecular weight excluding hydrogens is 136 g/mol. The van der Waals surface area contributed by atoms with Crippen molar-refractivity contribution < 1.29 is 4.58 Å². The van der Waals surface area contributed by atoms with Crippen molar-refractivity contribution in [3.8, 4) is 0 Å². The molecule has 2 nitrogen and oxygen atoms in total. The molecule has 64 valence electrons. The van der Waals surface area contributed by atoms with E-state index in [1.807, 2.05) is 0 Å². The van der Waals surface area contributed by atoms with Crippen LogP contribution in [0.5, 0.6) is 0 Å². The summed E-state index contributed by atoms with van der Waals surface area (Å²) < 4.78 is 2.35. The van der Waals surface area contributed by atoms with Crippen molar-refractivity contribution in [2.75, 3.05) is 19.6 Å². The van der Waals surface area contributed by atoms with Gasteiger partial charge in [0.25, 0.3) is 0 Å². The fourth-order valence-corrected chi connectivity index (χ4v) is 1.30. The van der Waals surface area contributed by atoms with E-state index in [0.29, 0.717) is 5.54 Å². The lowest BCUT2D eigenvalue weighted by Crippen LogP contribution is -2.38. The van der Waals surface area contributed by atoms with Gasteiger partial charge in [-0.1, -0.05) is 0 Å². The molecule has 0 amide bonds. The number of hydrogen-bond acceptors (Lipinski definition) is 1.